The van der Waals surface area contributed by atoms with Gasteiger partial charge in [0.25, 0.3) is 0 Å². The van der Waals surface area contributed by atoms with Crippen LogP contribution in [0.3, 0.4) is 0 Å². The Morgan fingerprint density at radius 2 is 1.85 bits per heavy atom. The summed E-state index contributed by atoms with van der Waals surface area (Å²) < 4.78 is 0. The molecule has 0 aliphatic carbocycles. The van der Waals surface area contributed by atoms with Crippen LogP contribution in [0.15, 0.2) is 24.3 Å². The van der Waals surface area contributed by atoms with Gasteiger partial charge in [-0.3, -0.25) is 4.91 Å². The molecule has 1 aromatic carbocycles. The van der Waals surface area contributed by atoms with E-state index in [1.807, 2.05) is 0 Å². The Balaban J connectivity index is 0.000000424. The highest BCUT2D eigenvalue weighted by molar-refractivity contribution is 7.77. The first-order valence-corrected chi connectivity index (χ1v) is 3.52. The third kappa shape index (κ3) is 3.95. The molecule has 0 aromatic heterocycles. The molecule has 0 aliphatic heterocycles. The number of benzene rings is 1. The number of hydrogen-bond donors (Lipinski definition) is 1. The molecule has 0 fully saturated rings. The summed E-state index contributed by atoms with van der Waals surface area (Å²) in [5, 5.41) is 8.46. The first-order chi connectivity index (χ1) is 6.13. The lowest BCUT2D eigenvalue weighted by Gasteiger charge is -2.04. The van der Waals surface area contributed by atoms with Gasteiger partial charge in [-0.15, -0.1) is 0 Å². The molecule has 5 nitrogen and oxygen atoms in total. The van der Waals surface area contributed by atoms with Crippen molar-refractivity contribution in [3.8, 4) is 5.75 Å². The summed E-state index contributed by atoms with van der Waals surface area (Å²) in [5.41, 5.74) is 13.7. The van der Waals surface area contributed by atoms with Gasteiger partial charge < -0.3 is 33.6 Å². The van der Waals surface area contributed by atoms with Crippen LogP contribution in [0.4, 0.5) is 0 Å². The van der Waals surface area contributed by atoms with Crippen molar-refractivity contribution in [3.63, 3.8) is 0 Å². The fourth-order valence-electron chi connectivity index (χ4n) is 0.646. The number of aromatic hydroxyl groups is 1. The molecule has 0 unspecified atom stereocenters. The summed E-state index contributed by atoms with van der Waals surface area (Å²) in [6.07, 6.45) is 0. The van der Waals surface area contributed by atoms with Gasteiger partial charge in [-0.05, 0) is 12.1 Å². The Labute approximate surface area is 79.8 Å². The first kappa shape index (κ1) is 11.2. The molecule has 6 heteroatoms. The van der Waals surface area contributed by atoms with Crippen molar-refractivity contribution in [1.82, 2.24) is 0 Å². The molecule has 0 aliphatic rings. The lowest BCUT2D eigenvalue weighted by molar-refractivity contribution is 0.108. The summed E-state index contributed by atoms with van der Waals surface area (Å²) in [6, 6.07) is 6.21. The highest BCUT2D eigenvalue weighted by Crippen LogP contribution is 2.14. The highest BCUT2D eigenvalue weighted by Gasteiger charge is 1.96. The van der Waals surface area contributed by atoms with Crippen LogP contribution in [0.1, 0.15) is 10.4 Å². The van der Waals surface area contributed by atoms with E-state index < -0.39 is 5.12 Å². The lowest BCUT2D eigenvalue weighted by atomic mass is 10.2. The normalized spacial score (nSPS) is 7.69. The quantitative estimate of drug-likeness (QED) is 0.321. The number of nitrogens with zero attached hydrogens (tertiary/aromatic N) is 3. The van der Waals surface area contributed by atoms with Crippen LogP contribution in [0, 0.1) is 0 Å². The van der Waals surface area contributed by atoms with Crippen molar-refractivity contribution in [2.75, 3.05) is 0 Å². The van der Waals surface area contributed by atoms with Crippen molar-refractivity contribution in [1.29, 1.82) is 0 Å². The first-order valence-electron chi connectivity index (χ1n) is 3.11. The molecule has 0 saturated carbocycles. The van der Waals surface area contributed by atoms with Gasteiger partial charge in [-0.1, -0.05) is 12.1 Å². The molecular weight excluding hydrogens is 190 g/mol. The van der Waals surface area contributed by atoms with Gasteiger partial charge in [-0.2, -0.15) is 0 Å². The minimum Gasteiger partial charge on any atom is -0.737 e. The number of rotatable bonds is 1. The second-order valence-electron chi connectivity index (χ2n) is 1.89. The maximum Gasteiger partial charge on any atom is 0.124 e. The molecule has 0 saturated heterocycles. The molecule has 1 aromatic rings. The lowest BCUT2D eigenvalue weighted by Crippen LogP contribution is -1.91. The topological polar surface area (TPSA) is 96.0 Å². The van der Waals surface area contributed by atoms with Crippen LogP contribution in [0.5, 0.6) is 5.75 Å². The Hall–Kier alpha value is -1.78. The Morgan fingerprint density at radius 1 is 1.38 bits per heavy atom. The average molecular weight is 195 g/mol. The van der Waals surface area contributed by atoms with Crippen molar-refractivity contribution >= 4 is 17.7 Å². The zero-order valence-corrected chi connectivity index (χ0v) is 7.23. The predicted molar refractivity (Wildman–Crippen MR) is 49.9 cm³/mol. The van der Waals surface area contributed by atoms with Gasteiger partial charge in [-0.25, -0.2) is 0 Å². The zero-order chi connectivity index (χ0) is 10.3. The van der Waals surface area contributed by atoms with E-state index in [0.717, 1.165) is 0 Å². The average Bonchev–Trinajstić information content (AvgIpc) is 2.06. The Kier molecular flexibility index (Phi) is 5.02. The van der Waals surface area contributed by atoms with E-state index in [9.17, 15) is 4.79 Å². The maximum absolute atomic E-state index is 10.5. The number of phenolic OH excluding ortho intramolecular Hbond substituents is 1. The molecule has 0 spiro atoms. The summed E-state index contributed by atoms with van der Waals surface area (Å²) in [6.45, 7) is 0. The highest BCUT2D eigenvalue weighted by atomic mass is 32.1. The van der Waals surface area contributed by atoms with Gasteiger partial charge in [0, 0.05) is 10.7 Å². The van der Waals surface area contributed by atoms with Crippen LogP contribution in [-0.2, 0) is 12.6 Å². The monoisotopic (exact) mass is 195 g/mol. The largest absolute Gasteiger partial charge is 0.737 e. The van der Waals surface area contributed by atoms with E-state index in [1.54, 1.807) is 12.1 Å². The number of hydrogen-bond acceptors (Lipinski definition) is 3. The number of carbonyl (C=O) groups is 1. The second-order valence-corrected chi connectivity index (χ2v) is 2.26. The van der Waals surface area contributed by atoms with E-state index in [-0.39, 0.29) is 11.3 Å². The van der Waals surface area contributed by atoms with E-state index >= 15 is 0 Å². The SMILES string of the molecule is O=C([S-])c1ccccc1O.[N-]=[N+]=[N-]. The molecule has 1 rings (SSSR count). The van der Waals surface area contributed by atoms with E-state index in [2.05, 4.69) is 12.6 Å². The number of carbonyl (C=O) groups excluding carboxylic acids is 1. The minimum absolute atomic E-state index is 0.0532. The number of phenols is 1. The van der Waals surface area contributed by atoms with Crippen molar-refractivity contribution < 1.29 is 9.90 Å². The van der Waals surface area contributed by atoms with Gasteiger partial charge in [0.1, 0.15) is 5.75 Å². The third-order valence-electron chi connectivity index (χ3n) is 1.12. The Morgan fingerprint density at radius 3 is 2.15 bits per heavy atom. The summed E-state index contributed by atoms with van der Waals surface area (Å²) >= 11 is 4.33. The van der Waals surface area contributed by atoms with Crippen LogP contribution in [-0.4, -0.2) is 10.2 Å². The molecule has 68 valence electrons. The van der Waals surface area contributed by atoms with Crippen molar-refractivity contribution in [2.24, 2.45) is 0 Å². The predicted octanol–water partition coefficient (Wildman–Crippen LogP) is 1.95. The van der Waals surface area contributed by atoms with Gasteiger partial charge >= 0.3 is 0 Å². The fraction of sp³-hybridized carbons (Fsp3) is 0. The standard InChI is InChI=1S/C7H6O2S.N3/c8-6-4-2-1-3-5(6)7(9)10;1-3-2/h1-4,8H,(H,9,10);/q;-1/p-1. The molecule has 1 N–H and O–H groups in total. The minimum atomic E-state index is -0.530. The fourth-order valence-corrected chi connectivity index (χ4v) is 0.819. The Bertz CT molecular complexity index is 334. The van der Waals surface area contributed by atoms with E-state index in [0.29, 0.717) is 0 Å². The number of para-hydroxylation sites is 1. The summed E-state index contributed by atoms with van der Waals surface area (Å²) in [5.74, 6) is -0.0532. The molecule has 0 heterocycles. The third-order valence-corrected chi connectivity index (χ3v) is 1.34. The van der Waals surface area contributed by atoms with Crippen LogP contribution < -0.4 is 0 Å². The summed E-state index contributed by atoms with van der Waals surface area (Å²) in [4.78, 5) is 12.0. The molecule has 13 heavy (non-hydrogen) atoms. The molecule has 0 atom stereocenters. The van der Waals surface area contributed by atoms with Gasteiger partial charge in [0.05, 0.1) is 0 Å². The van der Waals surface area contributed by atoms with Crippen LogP contribution in [0.25, 0.3) is 16.0 Å². The molecule has 0 amide bonds. The second kappa shape index (κ2) is 5.82. The van der Waals surface area contributed by atoms with E-state index in [1.165, 1.54) is 17.0 Å². The van der Waals surface area contributed by atoms with Gasteiger partial charge in [0.15, 0.2) is 0 Å². The zero-order valence-electron chi connectivity index (χ0n) is 6.41. The van der Waals surface area contributed by atoms with Crippen LogP contribution >= 0.6 is 0 Å². The smallest absolute Gasteiger partial charge is 0.124 e. The molecule has 0 bridgehead atoms. The van der Waals surface area contributed by atoms with Crippen LogP contribution in [0.2, 0.25) is 0 Å². The van der Waals surface area contributed by atoms with E-state index in [4.69, 9.17) is 16.2 Å². The van der Waals surface area contributed by atoms with Gasteiger partial charge in [0.2, 0.25) is 0 Å². The van der Waals surface area contributed by atoms with Crippen molar-refractivity contribution in [2.45, 2.75) is 0 Å². The molecular formula is C7H5N3O2S-2. The summed E-state index contributed by atoms with van der Waals surface area (Å²) in [7, 11) is 0. The maximum atomic E-state index is 10.5. The molecule has 0 radical (unpaired) electrons. The van der Waals surface area contributed by atoms with Crippen molar-refractivity contribution in [3.05, 3.63) is 45.8 Å².